The molecular weight excluding hydrogens is 324 g/mol. The van der Waals surface area contributed by atoms with Crippen molar-refractivity contribution in [3.8, 4) is 0 Å². The molecule has 2 amide bonds. The molecule has 132 valence electrons. The highest BCUT2D eigenvalue weighted by molar-refractivity contribution is 5.92. The highest BCUT2D eigenvalue weighted by atomic mass is 16.5. The molecule has 1 aliphatic heterocycles. The second-order valence-electron chi connectivity index (χ2n) is 5.64. The van der Waals surface area contributed by atoms with E-state index in [-0.39, 0.29) is 37.0 Å². The largest absolute Gasteiger partial charge is 0.467 e. The first-order valence-corrected chi connectivity index (χ1v) is 8.17. The molecule has 1 aliphatic rings. The minimum absolute atomic E-state index is 0.0136. The zero-order chi connectivity index (χ0) is 17.5. The van der Waals surface area contributed by atoms with Crippen molar-refractivity contribution < 1.29 is 18.7 Å². The number of carbonyl (C=O) groups excluding carboxylic acids is 2. The zero-order valence-electron chi connectivity index (χ0n) is 13.8. The van der Waals surface area contributed by atoms with Crippen molar-refractivity contribution in [2.45, 2.75) is 13.0 Å². The molecule has 0 aromatic carbocycles. The lowest BCUT2D eigenvalue weighted by Gasteiger charge is -2.28. The predicted molar refractivity (Wildman–Crippen MR) is 87.5 cm³/mol. The molecule has 3 heterocycles. The summed E-state index contributed by atoms with van der Waals surface area (Å²) in [5, 5.41) is 0. The number of rotatable bonds is 6. The van der Waals surface area contributed by atoms with Gasteiger partial charge in [-0.15, -0.1) is 0 Å². The van der Waals surface area contributed by atoms with Gasteiger partial charge in [-0.1, -0.05) is 0 Å². The number of furan rings is 1. The summed E-state index contributed by atoms with van der Waals surface area (Å²) in [6, 6.07) is 3.56. The van der Waals surface area contributed by atoms with Crippen molar-refractivity contribution in [2.75, 3.05) is 32.8 Å². The molecule has 1 fully saturated rings. The Balaban J connectivity index is 1.65. The summed E-state index contributed by atoms with van der Waals surface area (Å²) < 4.78 is 10.6. The average Bonchev–Trinajstić information content (AvgIpc) is 3.19. The Bertz CT molecular complexity index is 684. The Morgan fingerprint density at radius 2 is 2.08 bits per heavy atom. The van der Waals surface area contributed by atoms with Crippen LogP contribution in [0.25, 0.3) is 0 Å². The number of ether oxygens (including phenoxy) is 1. The summed E-state index contributed by atoms with van der Waals surface area (Å²) in [5.74, 6) is 0.384. The van der Waals surface area contributed by atoms with Gasteiger partial charge in [-0.25, -0.2) is 4.98 Å². The lowest BCUT2D eigenvalue weighted by molar-refractivity contribution is -0.135. The Hall–Kier alpha value is -2.74. The molecule has 0 unspecified atom stereocenters. The molecule has 8 nitrogen and oxygen atoms in total. The third-order valence-electron chi connectivity index (χ3n) is 3.96. The SMILES string of the molecule is O=C(CCN(Cc1ccco1)C(=O)c1cnccn1)N1CCOCC1. The van der Waals surface area contributed by atoms with Crippen LogP contribution in [0.1, 0.15) is 22.7 Å². The molecule has 0 atom stereocenters. The lowest BCUT2D eigenvalue weighted by Crippen LogP contribution is -2.42. The summed E-state index contributed by atoms with van der Waals surface area (Å²) >= 11 is 0. The first kappa shape index (κ1) is 17.1. The van der Waals surface area contributed by atoms with E-state index in [9.17, 15) is 9.59 Å². The van der Waals surface area contributed by atoms with Crippen molar-refractivity contribution in [3.63, 3.8) is 0 Å². The number of aromatic nitrogens is 2. The Labute approximate surface area is 145 Å². The van der Waals surface area contributed by atoms with Crippen molar-refractivity contribution in [3.05, 3.63) is 48.4 Å². The molecular formula is C17H20N4O4. The van der Waals surface area contributed by atoms with Gasteiger partial charge in [0.25, 0.3) is 5.91 Å². The van der Waals surface area contributed by atoms with Crippen LogP contribution in [0.4, 0.5) is 0 Å². The fourth-order valence-electron chi connectivity index (χ4n) is 2.62. The van der Waals surface area contributed by atoms with Gasteiger partial charge in [-0.2, -0.15) is 0 Å². The van der Waals surface area contributed by atoms with Gasteiger partial charge in [-0.05, 0) is 12.1 Å². The van der Waals surface area contributed by atoms with E-state index in [2.05, 4.69) is 9.97 Å². The van der Waals surface area contributed by atoms with E-state index < -0.39 is 0 Å². The topological polar surface area (TPSA) is 88.8 Å². The minimum atomic E-state index is -0.278. The molecule has 0 radical (unpaired) electrons. The van der Waals surface area contributed by atoms with Gasteiger partial charge in [0.1, 0.15) is 11.5 Å². The predicted octanol–water partition coefficient (Wildman–Crippen LogP) is 0.961. The summed E-state index contributed by atoms with van der Waals surface area (Å²) in [6.07, 6.45) is 6.19. The Kier molecular flexibility index (Phi) is 5.73. The lowest BCUT2D eigenvalue weighted by atomic mass is 10.2. The molecule has 0 aliphatic carbocycles. The van der Waals surface area contributed by atoms with Crippen LogP contribution in [0.15, 0.2) is 41.4 Å². The van der Waals surface area contributed by atoms with Gasteiger partial charge in [0, 0.05) is 38.4 Å². The minimum Gasteiger partial charge on any atom is -0.467 e. The van der Waals surface area contributed by atoms with Crippen LogP contribution in [-0.4, -0.2) is 64.4 Å². The van der Waals surface area contributed by atoms with E-state index in [4.69, 9.17) is 9.15 Å². The van der Waals surface area contributed by atoms with Crippen LogP contribution < -0.4 is 0 Å². The number of hydrogen-bond acceptors (Lipinski definition) is 6. The smallest absolute Gasteiger partial charge is 0.274 e. The van der Waals surface area contributed by atoms with E-state index in [1.807, 2.05) is 0 Å². The van der Waals surface area contributed by atoms with E-state index in [0.29, 0.717) is 32.1 Å². The zero-order valence-corrected chi connectivity index (χ0v) is 13.8. The maximum absolute atomic E-state index is 12.7. The number of amides is 2. The molecule has 1 saturated heterocycles. The quantitative estimate of drug-likeness (QED) is 0.775. The van der Waals surface area contributed by atoms with Crippen LogP contribution in [0.2, 0.25) is 0 Å². The second-order valence-corrected chi connectivity index (χ2v) is 5.64. The number of morpholine rings is 1. The summed E-state index contributed by atoms with van der Waals surface area (Å²) in [7, 11) is 0. The summed E-state index contributed by atoms with van der Waals surface area (Å²) in [5.41, 5.74) is 0.243. The van der Waals surface area contributed by atoms with Crippen LogP contribution in [0.3, 0.4) is 0 Å². The summed E-state index contributed by atoms with van der Waals surface area (Å²) in [6.45, 7) is 2.86. The number of nitrogens with zero attached hydrogens (tertiary/aromatic N) is 4. The van der Waals surface area contributed by atoms with Crippen molar-refractivity contribution in [2.24, 2.45) is 0 Å². The fourth-order valence-corrected chi connectivity index (χ4v) is 2.62. The molecule has 0 spiro atoms. The van der Waals surface area contributed by atoms with E-state index in [1.54, 1.807) is 28.2 Å². The van der Waals surface area contributed by atoms with Crippen LogP contribution in [0.5, 0.6) is 0 Å². The average molecular weight is 344 g/mol. The van der Waals surface area contributed by atoms with Gasteiger partial charge >= 0.3 is 0 Å². The third kappa shape index (κ3) is 4.63. The highest BCUT2D eigenvalue weighted by Gasteiger charge is 2.22. The van der Waals surface area contributed by atoms with Crippen molar-refractivity contribution in [1.29, 1.82) is 0 Å². The maximum Gasteiger partial charge on any atom is 0.274 e. The van der Waals surface area contributed by atoms with Crippen LogP contribution >= 0.6 is 0 Å². The second kappa shape index (κ2) is 8.39. The molecule has 0 bridgehead atoms. The molecule has 8 heteroatoms. The molecule has 0 N–H and O–H groups in total. The Morgan fingerprint density at radius 3 is 2.76 bits per heavy atom. The van der Waals surface area contributed by atoms with Gasteiger partial charge in [0.15, 0.2) is 0 Å². The normalized spacial score (nSPS) is 14.3. The summed E-state index contributed by atoms with van der Waals surface area (Å²) in [4.78, 5) is 36.3. The van der Waals surface area contributed by atoms with Crippen LogP contribution in [0, 0.1) is 0 Å². The van der Waals surface area contributed by atoms with E-state index in [0.717, 1.165) is 0 Å². The van der Waals surface area contributed by atoms with E-state index >= 15 is 0 Å². The van der Waals surface area contributed by atoms with Gasteiger partial charge in [-0.3, -0.25) is 14.6 Å². The van der Waals surface area contributed by atoms with Gasteiger partial charge in [0.05, 0.1) is 32.2 Å². The van der Waals surface area contributed by atoms with Gasteiger partial charge in [0.2, 0.25) is 5.91 Å². The first-order valence-electron chi connectivity index (χ1n) is 8.17. The molecule has 2 aromatic heterocycles. The molecule has 2 aromatic rings. The molecule has 0 saturated carbocycles. The van der Waals surface area contributed by atoms with Crippen LogP contribution in [-0.2, 0) is 16.1 Å². The maximum atomic E-state index is 12.7. The van der Waals surface area contributed by atoms with Crippen molar-refractivity contribution in [1.82, 2.24) is 19.8 Å². The molecule has 25 heavy (non-hydrogen) atoms. The fraction of sp³-hybridized carbons (Fsp3) is 0.412. The monoisotopic (exact) mass is 344 g/mol. The first-order chi connectivity index (χ1) is 12.2. The van der Waals surface area contributed by atoms with E-state index in [1.165, 1.54) is 18.6 Å². The molecule has 3 rings (SSSR count). The van der Waals surface area contributed by atoms with Gasteiger partial charge < -0.3 is 19.0 Å². The highest BCUT2D eigenvalue weighted by Crippen LogP contribution is 2.11. The number of carbonyl (C=O) groups is 2. The third-order valence-corrected chi connectivity index (χ3v) is 3.96. The number of hydrogen-bond donors (Lipinski definition) is 0. The van der Waals surface area contributed by atoms with Crippen molar-refractivity contribution >= 4 is 11.8 Å². The standard InChI is InChI=1S/C17H20N4O4/c22-16(20-7-10-24-11-8-20)3-6-21(13-14-2-1-9-25-14)17(23)15-12-18-4-5-19-15/h1-2,4-5,9,12H,3,6-8,10-11,13H2. The Morgan fingerprint density at radius 1 is 1.24 bits per heavy atom.